The molecule has 1 atom stereocenters. The van der Waals surface area contributed by atoms with Crippen LogP contribution in [0, 0.1) is 5.92 Å². The fourth-order valence-electron chi connectivity index (χ4n) is 4.07. The van der Waals surface area contributed by atoms with Crippen LogP contribution in [0.25, 0.3) is 11.5 Å². The lowest BCUT2D eigenvalue weighted by molar-refractivity contribution is -0.211. The lowest BCUT2D eigenvalue weighted by Gasteiger charge is -2.36. The Bertz CT molecular complexity index is 903. The van der Waals surface area contributed by atoms with Crippen LogP contribution in [0.5, 0.6) is 5.88 Å². The maximum absolute atomic E-state index is 12.6. The number of aliphatic hydroxyl groups excluding tert-OH is 1. The summed E-state index contributed by atoms with van der Waals surface area (Å²) in [4.78, 5) is 17.1. The number of likely N-dealkylation sites (tertiary alicyclic amines) is 1. The molecule has 8 nitrogen and oxygen atoms in total. The van der Waals surface area contributed by atoms with Gasteiger partial charge in [0.15, 0.2) is 0 Å². The van der Waals surface area contributed by atoms with Crippen LogP contribution in [0.3, 0.4) is 0 Å². The molecule has 1 saturated carbocycles. The van der Waals surface area contributed by atoms with E-state index in [9.17, 15) is 23.1 Å². The molecule has 30 heavy (non-hydrogen) atoms. The zero-order valence-electron chi connectivity index (χ0n) is 16.2. The molecule has 4 rings (SSSR count). The molecule has 2 aromatic rings. The summed E-state index contributed by atoms with van der Waals surface area (Å²) in [5, 5.41) is 17.5. The number of rotatable bonds is 5. The van der Waals surface area contributed by atoms with Gasteiger partial charge in [0.25, 0.3) is 5.91 Å². The van der Waals surface area contributed by atoms with E-state index in [0.717, 1.165) is 17.7 Å². The van der Waals surface area contributed by atoms with E-state index in [1.165, 1.54) is 7.11 Å². The van der Waals surface area contributed by atoms with Gasteiger partial charge in [-0.15, -0.1) is 10.2 Å². The van der Waals surface area contributed by atoms with Gasteiger partial charge in [-0.25, -0.2) is 4.98 Å². The average Bonchev–Trinajstić information content (AvgIpc) is 3.41. The van der Waals surface area contributed by atoms with E-state index in [1.54, 1.807) is 18.3 Å². The van der Waals surface area contributed by atoms with Gasteiger partial charge in [-0.1, -0.05) is 0 Å². The highest BCUT2D eigenvalue weighted by Crippen LogP contribution is 2.56. The van der Waals surface area contributed by atoms with Gasteiger partial charge < -0.3 is 19.2 Å². The van der Waals surface area contributed by atoms with Gasteiger partial charge in [-0.2, -0.15) is 13.2 Å². The van der Waals surface area contributed by atoms with Crippen molar-refractivity contribution < 1.29 is 32.2 Å². The summed E-state index contributed by atoms with van der Waals surface area (Å²) in [5.74, 6) is 0.139. The van der Waals surface area contributed by atoms with E-state index < -0.39 is 18.2 Å². The van der Waals surface area contributed by atoms with Crippen molar-refractivity contribution in [2.45, 2.75) is 43.4 Å². The van der Waals surface area contributed by atoms with Crippen LogP contribution in [0.2, 0.25) is 0 Å². The fraction of sp³-hybridized carbons (Fsp3) is 0.579. The predicted molar refractivity (Wildman–Crippen MR) is 96.4 cm³/mol. The largest absolute Gasteiger partial charge is 0.481 e. The maximum Gasteiger partial charge on any atom is 0.423 e. The molecule has 1 amide bonds. The van der Waals surface area contributed by atoms with Gasteiger partial charge in [-0.3, -0.25) is 4.79 Å². The minimum atomic E-state index is -4.96. The Labute approximate surface area is 170 Å². The molecule has 0 bridgehead atoms. The Morgan fingerprint density at radius 3 is 2.53 bits per heavy atom. The first-order valence-corrected chi connectivity index (χ1v) is 9.62. The predicted octanol–water partition coefficient (Wildman–Crippen LogP) is 2.33. The summed E-state index contributed by atoms with van der Waals surface area (Å²) in [6.45, 7) is 0.309. The number of piperidine rings is 1. The first-order valence-electron chi connectivity index (χ1n) is 9.62. The number of methoxy groups -OCH3 is 1. The molecule has 1 saturated heterocycles. The maximum atomic E-state index is 12.6. The number of aromatic nitrogens is 3. The molecule has 1 N–H and O–H groups in total. The molecule has 3 heterocycles. The zero-order chi connectivity index (χ0) is 21.5. The van der Waals surface area contributed by atoms with Crippen LogP contribution in [-0.2, 0) is 10.2 Å². The van der Waals surface area contributed by atoms with E-state index in [1.807, 2.05) is 0 Å². The van der Waals surface area contributed by atoms with E-state index in [-0.39, 0.29) is 24.4 Å². The molecule has 1 aliphatic heterocycles. The first-order chi connectivity index (χ1) is 14.2. The van der Waals surface area contributed by atoms with Gasteiger partial charge in [0.05, 0.1) is 18.1 Å². The minimum absolute atomic E-state index is 0.117. The number of nitrogens with zero attached hydrogens (tertiary/aromatic N) is 4. The SMILES string of the molecule is COc1ccc(-c2nnc(C3(C4CCN(C(=O)[C@@H](O)C(F)(F)F)CC4)CC3)o2)cn1. The highest BCUT2D eigenvalue weighted by Gasteiger charge is 2.56. The molecule has 162 valence electrons. The van der Waals surface area contributed by atoms with Gasteiger partial charge in [0.2, 0.25) is 23.8 Å². The number of ether oxygens (including phenoxy) is 1. The molecule has 0 radical (unpaired) electrons. The second kappa shape index (κ2) is 7.53. The Hall–Kier alpha value is -2.69. The van der Waals surface area contributed by atoms with Crippen molar-refractivity contribution in [3.63, 3.8) is 0 Å². The van der Waals surface area contributed by atoms with Crippen molar-refractivity contribution in [1.82, 2.24) is 20.1 Å². The first kappa shape index (κ1) is 20.6. The van der Waals surface area contributed by atoms with Crippen molar-refractivity contribution in [3.8, 4) is 17.3 Å². The lowest BCUT2D eigenvalue weighted by Crippen LogP contribution is -2.50. The van der Waals surface area contributed by atoms with Gasteiger partial charge in [0.1, 0.15) is 0 Å². The van der Waals surface area contributed by atoms with Crippen LogP contribution >= 0.6 is 0 Å². The molecule has 0 aromatic carbocycles. The Morgan fingerprint density at radius 1 is 1.30 bits per heavy atom. The van der Waals surface area contributed by atoms with Crippen molar-refractivity contribution in [2.24, 2.45) is 5.92 Å². The number of hydrogen-bond acceptors (Lipinski definition) is 7. The third-order valence-electron chi connectivity index (χ3n) is 5.96. The normalized spacial score (nSPS) is 20.1. The van der Waals surface area contributed by atoms with E-state index in [0.29, 0.717) is 36.1 Å². The average molecular weight is 426 g/mol. The minimum Gasteiger partial charge on any atom is -0.481 e. The molecule has 0 spiro atoms. The fourth-order valence-corrected chi connectivity index (χ4v) is 4.07. The summed E-state index contributed by atoms with van der Waals surface area (Å²) in [5.41, 5.74) is 0.357. The Morgan fingerprint density at radius 2 is 2.00 bits per heavy atom. The number of hydrogen-bond donors (Lipinski definition) is 1. The second-order valence-electron chi connectivity index (χ2n) is 7.70. The third kappa shape index (κ3) is 3.73. The van der Waals surface area contributed by atoms with Crippen LogP contribution in [0.15, 0.2) is 22.7 Å². The molecule has 11 heteroatoms. The second-order valence-corrected chi connectivity index (χ2v) is 7.70. The highest BCUT2D eigenvalue weighted by atomic mass is 19.4. The number of carbonyl (C=O) groups is 1. The van der Waals surface area contributed by atoms with Gasteiger partial charge in [-0.05, 0) is 37.7 Å². The summed E-state index contributed by atoms with van der Waals surface area (Å²) in [7, 11) is 1.52. The molecule has 2 aromatic heterocycles. The van der Waals surface area contributed by atoms with Crippen LogP contribution in [0.1, 0.15) is 31.6 Å². The van der Waals surface area contributed by atoms with Crippen molar-refractivity contribution in [1.29, 1.82) is 0 Å². The summed E-state index contributed by atoms with van der Waals surface area (Å²) in [6.07, 6.45) is -3.64. The van der Waals surface area contributed by atoms with Gasteiger partial charge >= 0.3 is 6.18 Å². The molecule has 1 aliphatic carbocycles. The molecular weight excluding hydrogens is 405 g/mol. The Kier molecular flexibility index (Phi) is 5.16. The highest BCUT2D eigenvalue weighted by molar-refractivity contribution is 5.81. The van der Waals surface area contributed by atoms with E-state index in [4.69, 9.17) is 9.15 Å². The van der Waals surface area contributed by atoms with Crippen LogP contribution in [-0.4, -0.2) is 63.6 Å². The van der Waals surface area contributed by atoms with E-state index in [2.05, 4.69) is 15.2 Å². The molecule has 0 unspecified atom stereocenters. The van der Waals surface area contributed by atoms with Crippen molar-refractivity contribution >= 4 is 5.91 Å². The Balaban J connectivity index is 1.42. The third-order valence-corrected chi connectivity index (χ3v) is 5.96. The summed E-state index contributed by atoms with van der Waals surface area (Å²) < 4.78 is 48.7. The monoisotopic (exact) mass is 426 g/mol. The number of aliphatic hydroxyl groups is 1. The molecular formula is C19H21F3N4O4. The van der Waals surface area contributed by atoms with E-state index >= 15 is 0 Å². The quantitative estimate of drug-likeness (QED) is 0.783. The standard InChI is InChI=1S/C19H21F3N4O4/c1-29-13-3-2-11(10-23-13)15-24-25-17(30-15)18(6-7-18)12-4-8-26(9-5-12)16(28)14(27)19(20,21)22/h2-3,10,12,14,27H,4-9H2,1H3/t14-/m1/s1. The molecule has 2 fully saturated rings. The number of alkyl halides is 3. The summed E-state index contributed by atoms with van der Waals surface area (Å²) >= 11 is 0. The summed E-state index contributed by atoms with van der Waals surface area (Å²) in [6, 6.07) is 3.45. The smallest absolute Gasteiger partial charge is 0.423 e. The molecule has 2 aliphatic rings. The number of pyridine rings is 1. The number of amides is 1. The van der Waals surface area contributed by atoms with Gasteiger partial charge in [0, 0.05) is 25.4 Å². The lowest BCUT2D eigenvalue weighted by atomic mass is 9.81. The van der Waals surface area contributed by atoms with Crippen molar-refractivity contribution in [3.05, 3.63) is 24.2 Å². The number of carbonyl (C=O) groups excluding carboxylic acids is 1. The zero-order valence-corrected chi connectivity index (χ0v) is 16.2. The van der Waals surface area contributed by atoms with Crippen LogP contribution in [0.4, 0.5) is 13.2 Å². The topological polar surface area (TPSA) is 102 Å². The van der Waals surface area contributed by atoms with Crippen molar-refractivity contribution in [2.75, 3.05) is 20.2 Å². The number of halogens is 3. The van der Waals surface area contributed by atoms with Crippen LogP contribution < -0.4 is 4.74 Å².